The lowest BCUT2D eigenvalue weighted by Crippen LogP contribution is -2.35. The van der Waals surface area contributed by atoms with Gasteiger partial charge in [-0.15, -0.1) is 24.8 Å². The van der Waals surface area contributed by atoms with E-state index in [4.69, 9.17) is 5.73 Å². The van der Waals surface area contributed by atoms with Crippen molar-refractivity contribution in [1.82, 2.24) is 10.2 Å². The largest absolute Gasteiger partial charge is 0.356 e. The van der Waals surface area contributed by atoms with Crippen LogP contribution in [-0.4, -0.2) is 43.5 Å². The Morgan fingerprint density at radius 2 is 1.94 bits per heavy atom. The minimum Gasteiger partial charge on any atom is -0.356 e. The molecule has 3 N–H and O–H groups in total. The molecule has 0 spiro atoms. The molecule has 1 saturated heterocycles. The third-order valence-corrected chi connectivity index (χ3v) is 2.79. The summed E-state index contributed by atoms with van der Waals surface area (Å²) in [6.45, 7) is 6.94. The van der Waals surface area contributed by atoms with Crippen LogP contribution in [0, 0.1) is 5.92 Å². The van der Waals surface area contributed by atoms with Crippen molar-refractivity contribution in [1.29, 1.82) is 0 Å². The first kappa shape index (κ1) is 19.3. The van der Waals surface area contributed by atoms with Crippen molar-refractivity contribution < 1.29 is 4.79 Å². The number of carbonyl (C=O) groups excluding carboxylic acids is 1. The summed E-state index contributed by atoms with van der Waals surface area (Å²) >= 11 is 0. The van der Waals surface area contributed by atoms with Gasteiger partial charge in [-0.3, -0.25) is 4.79 Å². The molecule has 1 amide bonds. The van der Waals surface area contributed by atoms with Gasteiger partial charge in [0.05, 0.1) is 0 Å². The van der Waals surface area contributed by atoms with E-state index in [2.05, 4.69) is 17.1 Å². The molecule has 104 valence electrons. The fraction of sp³-hybridized carbons (Fsp3) is 0.909. The molecule has 1 unspecified atom stereocenters. The molecule has 0 aromatic heterocycles. The molecule has 0 aromatic carbocycles. The van der Waals surface area contributed by atoms with Crippen LogP contribution in [0.4, 0.5) is 0 Å². The monoisotopic (exact) mass is 285 g/mol. The highest BCUT2D eigenvalue weighted by Gasteiger charge is 2.14. The number of hydrogen-bond donors (Lipinski definition) is 2. The van der Waals surface area contributed by atoms with Gasteiger partial charge in [-0.05, 0) is 31.8 Å². The van der Waals surface area contributed by atoms with Crippen LogP contribution in [-0.2, 0) is 4.79 Å². The van der Waals surface area contributed by atoms with E-state index in [0.29, 0.717) is 18.9 Å². The van der Waals surface area contributed by atoms with Crippen molar-refractivity contribution in [2.75, 3.05) is 32.7 Å². The van der Waals surface area contributed by atoms with Crippen LogP contribution in [0.1, 0.15) is 26.2 Å². The molecule has 0 bridgehead atoms. The van der Waals surface area contributed by atoms with Gasteiger partial charge < -0.3 is 16.0 Å². The lowest BCUT2D eigenvalue weighted by atomic mass is 10.1. The highest BCUT2D eigenvalue weighted by molar-refractivity contribution is 5.85. The van der Waals surface area contributed by atoms with E-state index in [0.717, 1.165) is 13.1 Å². The molecule has 17 heavy (non-hydrogen) atoms. The van der Waals surface area contributed by atoms with E-state index < -0.39 is 0 Å². The van der Waals surface area contributed by atoms with E-state index in [-0.39, 0.29) is 30.7 Å². The van der Waals surface area contributed by atoms with Gasteiger partial charge in [0.2, 0.25) is 5.91 Å². The number of hydrogen-bond acceptors (Lipinski definition) is 3. The first-order chi connectivity index (χ1) is 7.22. The average Bonchev–Trinajstić information content (AvgIpc) is 2.68. The topological polar surface area (TPSA) is 58.4 Å². The van der Waals surface area contributed by atoms with Gasteiger partial charge in [-0.2, -0.15) is 0 Å². The average molecular weight is 286 g/mol. The highest BCUT2D eigenvalue weighted by Crippen LogP contribution is 2.09. The molecule has 0 aliphatic carbocycles. The zero-order valence-corrected chi connectivity index (χ0v) is 12.1. The Hall–Kier alpha value is -0.0300. The Kier molecular flexibility index (Phi) is 12.6. The van der Waals surface area contributed by atoms with Gasteiger partial charge in [-0.25, -0.2) is 0 Å². The standard InChI is InChI=1S/C11H23N3O.2ClH/c1-10(8-13-11(15)4-5-12)9-14-6-2-3-7-14;;/h10H,2-9,12H2,1H3,(H,13,15);2*1H. The lowest BCUT2D eigenvalue weighted by Gasteiger charge is -2.20. The van der Waals surface area contributed by atoms with Crippen molar-refractivity contribution in [2.45, 2.75) is 26.2 Å². The van der Waals surface area contributed by atoms with Crippen LogP contribution in [0.3, 0.4) is 0 Å². The molecule has 1 heterocycles. The number of rotatable bonds is 6. The second-order valence-electron chi connectivity index (χ2n) is 4.46. The van der Waals surface area contributed by atoms with Crippen molar-refractivity contribution in [3.05, 3.63) is 0 Å². The molecule has 1 fully saturated rings. The Morgan fingerprint density at radius 3 is 2.47 bits per heavy atom. The fourth-order valence-electron chi connectivity index (χ4n) is 1.98. The second kappa shape index (κ2) is 11.1. The van der Waals surface area contributed by atoms with E-state index in [9.17, 15) is 4.79 Å². The molecular formula is C11H25Cl2N3O. The first-order valence-corrected chi connectivity index (χ1v) is 5.91. The molecule has 1 rings (SSSR count). The van der Waals surface area contributed by atoms with E-state index in [1.54, 1.807) is 0 Å². The predicted molar refractivity (Wildman–Crippen MR) is 76.0 cm³/mol. The number of likely N-dealkylation sites (tertiary alicyclic amines) is 1. The van der Waals surface area contributed by atoms with Crippen LogP contribution in [0.25, 0.3) is 0 Å². The zero-order chi connectivity index (χ0) is 11.1. The third-order valence-electron chi connectivity index (χ3n) is 2.79. The van der Waals surface area contributed by atoms with Gasteiger partial charge in [0.25, 0.3) is 0 Å². The molecule has 1 aliphatic rings. The normalized spacial score (nSPS) is 16.8. The molecule has 0 aromatic rings. The van der Waals surface area contributed by atoms with Crippen molar-refractivity contribution >= 4 is 30.7 Å². The molecule has 1 atom stereocenters. The summed E-state index contributed by atoms with van der Waals surface area (Å²) in [5.74, 6) is 0.607. The fourth-order valence-corrected chi connectivity index (χ4v) is 1.98. The van der Waals surface area contributed by atoms with Gasteiger partial charge >= 0.3 is 0 Å². The molecule has 0 saturated carbocycles. The van der Waals surface area contributed by atoms with Crippen molar-refractivity contribution in [3.8, 4) is 0 Å². The number of nitrogens with two attached hydrogens (primary N) is 1. The SMILES string of the molecule is CC(CNC(=O)CCN)CN1CCCC1.Cl.Cl. The molecular weight excluding hydrogens is 261 g/mol. The van der Waals surface area contributed by atoms with Crippen LogP contribution in [0.2, 0.25) is 0 Å². The summed E-state index contributed by atoms with van der Waals surface area (Å²) in [6, 6.07) is 0. The van der Waals surface area contributed by atoms with E-state index >= 15 is 0 Å². The summed E-state index contributed by atoms with van der Waals surface area (Å²) in [6.07, 6.45) is 3.09. The predicted octanol–water partition coefficient (Wildman–Crippen LogP) is 1.03. The maximum atomic E-state index is 11.2. The number of nitrogens with zero attached hydrogens (tertiary/aromatic N) is 1. The molecule has 6 heteroatoms. The van der Waals surface area contributed by atoms with Crippen LogP contribution >= 0.6 is 24.8 Å². The third kappa shape index (κ3) is 8.66. The summed E-state index contributed by atoms with van der Waals surface area (Å²) in [5.41, 5.74) is 5.30. The smallest absolute Gasteiger partial charge is 0.221 e. The van der Waals surface area contributed by atoms with Crippen molar-refractivity contribution in [3.63, 3.8) is 0 Å². The minimum atomic E-state index is 0. The number of nitrogens with one attached hydrogen (secondary N) is 1. The Morgan fingerprint density at radius 1 is 1.35 bits per heavy atom. The summed E-state index contributed by atoms with van der Waals surface area (Å²) in [5, 5.41) is 2.91. The van der Waals surface area contributed by atoms with Gasteiger partial charge in [-0.1, -0.05) is 6.92 Å². The molecule has 0 radical (unpaired) electrons. The Labute approximate surface area is 117 Å². The maximum absolute atomic E-state index is 11.2. The van der Waals surface area contributed by atoms with Crippen molar-refractivity contribution in [2.24, 2.45) is 11.7 Å². The summed E-state index contributed by atoms with van der Waals surface area (Å²) < 4.78 is 0. The second-order valence-corrected chi connectivity index (χ2v) is 4.46. The van der Waals surface area contributed by atoms with Crippen LogP contribution in [0.5, 0.6) is 0 Å². The van der Waals surface area contributed by atoms with Gasteiger partial charge in [0.1, 0.15) is 0 Å². The number of halogens is 2. The van der Waals surface area contributed by atoms with Crippen LogP contribution < -0.4 is 11.1 Å². The first-order valence-electron chi connectivity index (χ1n) is 5.91. The van der Waals surface area contributed by atoms with Gasteiger partial charge in [0, 0.05) is 26.1 Å². The molecule has 4 nitrogen and oxygen atoms in total. The van der Waals surface area contributed by atoms with E-state index in [1.807, 2.05) is 0 Å². The summed E-state index contributed by atoms with van der Waals surface area (Å²) in [4.78, 5) is 13.7. The minimum absolute atomic E-state index is 0. The van der Waals surface area contributed by atoms with Crippen LogP contribution in [0.15, 0.2) is 0 Å². The quantitative estimate of drug-likeness (QED) is 0.766. The Bertz CT molecular complexity index is 199. The summed E-state index contributed by atoms with van der Waals surface area (Å²) in [7, 11) is 0. The lowest BCUT2D eigenvalue weighted by molar-refractivity contribution is -0.121. The highest BCUT2D eigenvalue weighted by atomic mass is 35.5. The number of carbonyl (C=O) groups is 1. The molecule has 1 aliphatic heterocycles. The van der Waals surface area contributed by atoms with Gasteiger partial charge in [0.15, 0.2) is 0 Å². The zero-order valence-electron chi connectivity index (χ0n) is 10.5. The van der Waals surface area contributed by atoms with E-state index in [1.165, 1.54) is 25.9 Å². The maximum Gasteiger partial charge on any atom is 0.221 e. The Balaban J connectivity index is 0. The number of amides is 1.